The second-order valence-electron chi connectivity index (χ2n) is 6.19. The second-order valence-corrected chi connectivity index (χ2v) is 7.10. The Bertz CT molecular complexity index is 999. The van der Waals surface area contributed by atoms with Crippen LogP contribution in [0.3, 0.4) is 0 Å². The van der Waals surface area contributed by atoms with E-state index in [2.05, 4.69) is 26.2 Å². The summed E-state index contributed by atoms with van der Waals surface area (Å²) in [6.07, 6.45) is 1.81. The van der Waals surface area contributed by atoms with E-state index in [0.29, 0.717) is 25.2 Å². The van der Waals surface area contributed by atoms with Gasteiger partial charge in [-0.05, 0) is 42.0 Å². The Morgan fingerprint density at radius 2 is 1.86 bits per heavy atom. The molecule has 0 saturated heterocycles. The van der Waals surface area contributed by atoms with Crippen molar-refractivity contribution in [3.05, 3.63) is 81.3 Å². The van der Waals surface area contributed by atoms with Gasteiger partial charge >= 0.3 is 0 Å². The highest BCUT2D eigenvalue weighted by atomic mass is 79.9. The molecule has 28 heavy (non-hydrogen) atoms. The number of rotatable bonds is 7. The number of hydrogen-bond acceptors (Lipinski definition) is 4. The van der Waals surface area contributed by atoms with Gasteiger partial charge in [0.2, 0.25) is 5.91 Å². The number of ether oxygens (including phenoxy) is 1. The van der Waals surface area contributed by atoms with Crippen LogP contribution >= 0.6 is 15.9 Å². The minimum absolute atomic E-state index is 0.0850. The fraction of sp³-hybridized carbons (Fsp3) is 0.190. The Morgan fingerprint density at radius 1 is 1.14 bits per heavy atom. The molecule has 0 aliphatic heterocycles. The number of carbonyl (C=O) groups excluding carboxylic acids is 1. The number of hydrogen-bond donors (Lipinski definition) is 1. The lowest BCUT2D eigenvalue weighted by molar-refractivity contribution is -0.120. The third kappa shape index (κ3) is 5.29. The van der Waals surface area contributed by atoms with Gasteiger partial charge in [-0.2, -0.15) is 0 Å². The van der Waals surface area contributed by atoms with E-state index < -0.39 is 0 Å². The van der Waals surface area contributed by atoms with Crippen LogP contribution in [-0.2, 0) is 17.8 Å². The quantitative estimate of drug-likeness (QED) is 0.611. The summed E-state index contributed by atoms with van der Waals surface area (Å²) in [6, 6.07) is 16.4. The van der Waals surface area contributed by atoms with Crippen molar-refractivity contribution in [2.75, 3.05) is 13.7 Å². The summed E-state index contributed by atoms with van der Waals surface area (Å²) >= 11 is 3.37. The summed E-state index contributed by atoms with van der Waals surface area (Å²) < 4.78 is 7.58. The number of carbonyl (C=O) groups is 1. The van der Waals surface area contributed by atoms with E-state index in [9.17, 15) is 9.59 Å². The number of aromatic nitrogens is 2. The summed E-state index contributed by atoms with van der Waals surface area (Å²) in [4.78, 5) is 28.7. The van der Waals surface area contributed by atoms with Gasteiger partial charge in [-0.1, -0.05) is 28.1 Å². The van der Waals surface area contributed by atoms with Crippen LogP contribution in [-0.4, -0.2) is 29.1 Å². The molecule has 7 heteroatoms. The van der Waals surface area contributed by atoms with Crippen LogP contribution in [0, 0.1) is 0 Å². The second kappa shape index (κ2) is 9.32. The maximum absolute atomic E-state index is 12.3. The third-order valence-electron chi connectivity index (χ3n) is 4.22. The van der Waals surface area contributed by atoms with Crippen molar-refractivity contribution >= 4 is 21.8 Å². The molecule has 0 aliphatic rings. The molecule has 0 fully saturated rings. The number of methoxy groups -OCH3 is 1. The zero-order valence-corrected chi connectivity index (χ0v) is 17.0. The lowest BCUT2D eigenvalue weighted by Gasteiger charge is -2.09. The first kappa shape index (κ1) is 19.8. The zero-order valence-electron chi connectivity index (χ0n) is 15.4. The molecule has 1 amide bonds. The van der Waals surface area contributed by atoms with Gasteiger partial charge in [0.1, 0.15) is 5.75 Å². The number of halogens is 1. The van der Waals surface area contributed by atoms with Gasteiger partial charge in [0.25, 0.3) is 5.56 Å². The van der Waals surface area contributed by atoms with Crippen molar-refractivity contribution in [2.45, 2.75) is 13.0 Å². The Balaban J connectivity index is 1.55. The Morgan fingerprint density at radius 3 is 2.50 bits per heavy atom. The fourth-order valence-corrected chi connectivity index (χ4v) is 2.94. The number of benzene rings is 2. The summed E-state index contributed by atoms with van der Waals surface area (Å²) in [5.41, 5.74) is 2.21. The summed E-state index contributed by atoms with van der Waals surface area (Å²) in [5, 5.41) is 2.83. The molecule has 144 valence electrons. The van der Waals surface area contributed by atoms with Crippen LogP contribution in [0.1, 0.15) is 5.56 Å². The molecule has 3 aromatic rings. The fourth-order valence-electron chi connectivity index (χ4n) is 2.68. The highest BCUT2D eigenvalue weighted by Crippen LogP contribution is 2.19. The molecule has 0 atom stereocenters. The van der Waals surface area contributed by atoms with Crippen LogP contribution in [0.15, 0.2) is 70.2 Å². The minimum Gasteiger partial charge on any atom is -0.497 e. The standard InChI is InChI=1S/C21H20BrN3O3/c1-28-18-8-4-16(5-9-18)19-13-21(27)25(14-24-19)11-10-23-20(26)12-15-2-6-17(22)7-3-15/h2-9,13-14H,10-12H2,1H3,(H,23,26). The molecule has 3 rings (SSSR count). The van der Waals surface area contributed by atoms with E-state index in [4.69, 9.17) is 4.74 Å². The van der Waals surface area contributed by atoms with E-state index in [1.54, 1.807) is 7.11 Å². The highest BCUT2D eigenvalue weighted by molar-refractivity contribution is 9.10. The normalized spacial score (nSPS) is 10.5. The molecule has 0 bridgehead atoms. The summed E-state index contributed by atoms with van der Waals surface area (Å²) in [5.74, 6) is 0.661. The number of nitrogens with one attached hydrogen (secondary N) is 1. The van der Waals surface area contributed by atoms with E-state index in [0.717, 1.165) is 21.3 Å². The number of nitrogens with zero attached hydrogens (tertiary/aromatic N) is 2. The Kier molecular flexibility index (Phi) is 6.60. The van der Waals surface area contributed by atoms with Gasteiger partial charge in [-0.15, -0.1) is 0 Å². The number of amides is 1. The van der Waals surface area contributed by atoms with E-state index in [1.165, 1.54) is 17.0 Å². The molecule has 1 aromatic heterocycles. The monoisotopic (exact) mass is 441 g/mol. The molecule has 0 unspecified atom stereocenters. The van der Waals surface area contributed by atoms with Gasteiger partial charge in [0, 0.05) is 29.2 Å². The molecule has 0 radical (unpaired) electrons. The van der Waals surface area contributed by atoms with Crippen LogP contribution in [0.2, 0.25) is 0 Å². The van der Waals surface area contributed by atoms with Crippen LogP contribution in [0.5, 0.6) is 5.75 Å². The first-order valence-corrected chi connectivity index (χ1v) is 9.56. The van der Waals surface area contributed by atoms with E-state index in [1.807, 2.05) is 48.5 Å². The molecule has 0 spiro atoms. The maximum atomic E-state index is 12.3. The molecule has 6 nitrogen and oxygen atoms in total. The minimum atomic E-state index is -0.164. The Labute approximate surface area is 171 Å². The first-order chi connectivity index (χ1) is 13.5. The van der Waals surface area contributed by atoms with Crippen LogP contribution in [0.4, 0.5) is 0 Å². The maximum Gasteiger partial charge on any atom is 0.253 e. The summed E-state index contributed by atoms with van der Waals surface area (Å²) in [7, 11) is 1.60. The molecule has 2 aromatic carbocycles. The largest absolute Gasteiger partial charge is 0.497 e. The molecule has 0 aliphatic carbocycles. The smallest absolute Gasteiger partial charge is 0.253 e. The van der Waals surface area contributed by atoms with Gasteiger partial charge in [-0.3, -0.25) is 14.2 Å². The van der Waals surface area contributed by atoms with Crippen molar-refractivity contribution in [3.8, 4) is 17.0 Å². The third-order valence-corrected chi connectivity index (χ3v) is 4.75. The van der Waals surface area contributed by atoms with Gasteiger partial charge in [0.05, 0.1) is 25.6 Å². The van der Waals surface area contributed by atoms with E-state index in [-0.39, 0.29) is 11.5 Å². The van der Waals surface area contributed by atoms with Crippen molar-refractivity contribution in [1.29, 1.82) is 0 Å². The topological polar surface area (TPSA) is 73.2 Å². The Hall–Kier alpha value is -2.93. The van der Waals surface area contributed by atoms with Gasteiger partial charge in [-0.25, -0.2) is 4.98 Å². The molecular weight excluding hydrogens is 422 g/mol. The van der Waals surface area contributed by atoms with Gasteiger partial charge < -0.3 is 10.1 Å². The molecule has 1 heterocycles. The lowest BCUT2D eigenvalue weighted by Crippen LogP contribution is -2.31. The van der Waals surface area contributed by atoms with Crippen molar-refractivity contribution < 1.29 is 9.53 Å². The van der Waals surface area contributed by atoms with E-state index >= 15 is 0 Å². The van der Waals surface area contributed by atoms with Crippen LogP contribution < -0.4 is 15.6 Å². The van der Waals surface area contributed by atoms with Crippen LogP contribution in [0.25, 0.3) is 11.3 Å². The molecular formula is C21H20BrN3O3. The lowest BCUT2D eigenvalue weighted by atomic mass is 10.1. The average molecular weight is 442 g/mol. The predicted molar refractivity (Wildman–Crippen MR) is 111 cm³/mol. The van der Waals surface area contributed by atoms with Gasteiger partial charge in [0.15, 0.2) is 0 Å². The van der Waals surface area contributed by atoms with Crippen molar-refractivity contribution in [3.63, 3.8) is 0 Å². The zero-order chi connectivity index (χ0) is 19.9. The molecule has 0 saturated carbocycles. The SMILES string of the molecule is COc1ccc(-c2cc(=O)n(CCNC(=O)Cc3ccc(Br)cc3)cn2)cc1. The highest BCUT2D eigenvalue weighted by Gasteiger charge is 2.06. The van der Waals surface area contributed by atoms with Crippen molar-refractivity contribution in [1.82, 2.24) is 14.9 Å². The summed E-state index contributed by atoms with van der Waals surface area (Å²) in [6.45, 7) is 0.722. The average Bonchev–Trinajstić information content (AvgIpc) is 2.71. The predicted octanol–water partition coefficient (Wildman–Crippen LogP) is 3.04. The van der Waals surface area contributed by atoms with Crippen molar-refractivity contribution in [2.24, 2.45) is 0 Å². The first-order valence-electron chi connectivity index (χ1n) is 8.77. The molecule has 1 N–H and O–H groups in total.